The lowest BCUT2D eigenvalue weighted by Crippen LogP contribution is -2.26. The highest BCUT2D eigenvalue weighted by molar-refractivity contribution is 5.94. The highest BCUT2D eigenvalue weighted by Gasteiger charge is 2.52. The standard InChI is InChI=1S/C28H25F2NO3/c1-17-6-8-21(31-25(17)18-4-3-5-19(14-18)26(2)10-11-26)16-24(32)27(12-13-27)20-7-9-22-23(15-20)34-28(29,30)33-22/h3-9,14-15H,10-13,16H2,1-2H3. The third kappa shape index (κ3) is 3.56. The van der Waals surface area contributed by atoms with Crippen LogP contribution in [0, 0.1) is 6.92 Å². The molecule has 3 aromatic rings. The molecule has 6 heteroatoms. The number of aromatic nitrogens is 1. The van der Waals surface area contributed by atoms with Crippen molar-refractivity contribution in [1.82, 2.24) is 4.98 Å². The number of halogens is 2. The van der Waals surface area contributed by atoms with Crippen LogP contribution in [0.3, 0.4) is 0 Å². The summed E-state index contributed by atoms with van der Waals surface area (Å²) in [5.74, 6) is 0.00497. The lowest BCUT2D eigenvalue weighted by molar-refractivity contribution is -0.286. The fourth-order valence-electron chi connectivity index (χ4n) is 4.91. The van der Waals surface area contributed by atoms with Gasteiger partial charge in [0.15, 0.2) is 11.5 Å². The summed E-state index contributed by atoms with van der Waals surface area (Å²) >= 11 is 0. The van der Waals surface area contributed by atoms with Crippen LogP contribution in [0.4, 0.5) is 8.78 Å². The fourth-order valence-corrected chi connectivity index (χ4v) is 4.91. The largest absolute Gasteiger partial charge is 0.586 e. The van der Waals surface area contributed by atoms with Crippen LogP contribution in [-0.2, 0) is 22.0 Å². The van der Waals surface area contributed by atoms with E-state index < -0.39 is 11.7 Å². The van der Waals surface area contributed by atoms with E-state index in [0.717, 1.165) is 16.8 Å². The van der Waals surface area contributed by atoms with Crippen molar-refractivity contribution in [3.63, 3.8) is 0 Å². The molecule has 174 valence electrons. The van der Waals surface area contributed by atoms with Crippen molar-refractivity contribution < 1.29 is 23.0 Å². The summed E-state index contributed by atoms with van der Waals surface area (Å²) < 4.78 is 35.9. The van der Waals surface area contributed by atoms with Gasteiger partial charge in [-0.2, -0.15) is 0 Å². The molecule has 0 spiro atoms. The minimum Gasteiger partial charge on any atom is -0.395 e. The zero-order valence-electron chi connectivity index (χ0n) is 19.2. The Morgan fingerprint density at radius 3 is 2.44 bits per heavy atom. The third-order valence-electron chi connectivity index (χ3n) is 7.57. The van der Waals surface area contributed by atoms with E-state index in [4.69, 9.17) is 4.98 Å². The number of alkyl halides is 2. The molecule has 0 amide bonds. The van der Waals surface area contributed by atoms with Crippen LogP contribution in [0.25, 0.3) is 11.3 Å². The van der Waals surface area contributed by atoms with E-state index in [-0.39, 0.29) is 29.1 Å². The molecule has 0 saturated heterocycles. The summed E-state index contributed by atoms with van der Waals surface area (Å²) in [6.07, 6.45) is 0.295. The van der Waals surface area contributed by atoms with Gasteiger partial charge in [-0.15, -0.1) is 8.78 Å². The van der Waals surface area contributed by atoms with Gasteiger partial charge >= 0.3 is 6.29 Å². The van der Waals surface area contributed by atoms with Crippen molar-refractivity contribution in [3.8, 4) is 22.8 Å². The van der Waals surface area contributed by atoms with Gasteiger partial charge in [-0.25, -0.2) is 0 Å². The van der Waals surface area contributed by atoms with Crippen LogP contribution in [-0.4, -0.2) is 17.1 Å². The lowest BCUT2D eigenvalue weighted by atomic mass is 9.88. The SMILES string of the molecule is Cc1ccc(CC(=O)C2(c3ccc4c(c3)OC(F)(F)O4)CC2)nc1-c1cccc(C2(C)CC2)c1. The van der Waals surface area contributed by atoms with E-state index in [1.54, 1.807) is 6.07 Å². The predicted octanol–water partition coefficient (Wildman–Crippen LogP) is 6.27. The van der Waals surface area contributed by atoms with Crippen LogP contribution in [0.15, 0.2) is 54.6 Å². The molecule has 6 rings (SSSR count). The van der Waals surface area contributed by atoms with Crippen molar-refractivity contribution >= 4 is 5.78 Å². The van der Waals surface area contributed by atoms with Gasteiger partial charge in [0, 0.05) is 17.7 Å². The highest BCUT2D eigenvalue weighted by Crippen LogP contribution is 2.53. The molecule has 0 N–H and O–H groups in total. The molecule has 0 unspecified atom stereocenters. The van der Waals surface area contributed by atoms with Gasteiger partial charge in [0.05, 0.1) is 11.1 Å². The van der Waals surface area contributed by atoms with Crippen molar-refractivity contribution in [2.75, 3.05) is 0 Å². The zero-order valence-corrected chi connectivity index (χ0v) is 19.2. The zero-order chi connectivity index (χ0) is 23.7. The molecule has 0 atom stereocenters. The van der Waals surface area contributed by atoms with Crippen molar-refractivity contribution in [1.29, 1.82) is 0 Å². The highest BCUT2D eigenvalue weighted by atomic mass is 19.3. The molecule has 1 aliphatic heterocycles. The first kappa shape index (κ1) is 21.3. The Morgan fingerprint density at radius 1 is 0.941 bits per heavy atom. The molecule has 2 saturated carbocycles. The summed E-state index contributed by atoms with van der Waals surface area (Å²) in [6, 6.07) is 17.1. The summed E-state index contributed by atoms with van der Waals surface area (Å²) in [6.45, 7) is 4.32. The molecular weight excluding hydrogens is 436 g/mol. The number of carbonyl (C=O) groups is 1. The van der Waals surface area contributed by atoms with Crippen molar-refractivity contribution in [2.24, 2.45) is 0 Å². The fraction of sp³-hybridized carbons (Fsp3) is 0.357. The number of fused-ring (bicyclic) bond motifs is 1. The number of rotatable bonds is 6. The van der Waals surface area contributed by atoms with Crippen LogP contribution in [0.1, 0.15) is 55.0 Å². The number of Topliss-reactive ketones (excluding diaryl/α,β-unsaturated/α-hetero) is 1. The second kappa shape index (κ2) is 7.11. The molecule has 34 heavy (non-hydrogen) atoms. The van der Waals surface area contributed by atoms with E-state index in [1.807, 2.05) is 19.1 Å². The van der Waals surface area contributed by atoms with E-state index >= 15 is 0 Å². The molecule has 2 fully saturated rings. The van der Waals surface area contributed by atoms with Crippen LogP contribution < -0.4 is 9.47 Å². The Morgan fingerprint density at radius 2 is 1.71 bits per heavy atom. The summed E-state index contributed by atoms with van der Waals surface area (Å²) in [7, 11) is 0. The Balaban J connectivity index is 1.26. The van der Waals surface area contributed by atoms with E-state index in [0.29, 0.717) is 24.1 Å². The van der Waals surface area contributed by atoms with Gasteiger partial charge in [-0.05, 0) is 79.0 Å². The maximum atomic E-state index is 13.4. The van der Waals surface area contributed by atoms with Crippen molar-refractivity contribution in [3.05, 3.63) is 77.0 Å². The second-order valence-electron chi connectivity index (χ2n) is 10.1. The average molecular weight is 462 g/mol. The summed E-state index contributed by atoms with van der Waals surface area (Å²) in [5.41, 5.74) is 5.35. The van der Waals surface area contributed by atoms with Gasteiger partial charge in [-0.3, -0.25) is 9.78 Å². The van der Waals surface area contributed by atoms with Crippen LogP contribution in [0.5, 0.6) is 11.5 Å². The molecule has 2 heterocycles. The smallest absolute Gasteiger partial charge is 0.395 e. The van der Waals surface area contributed by atoms with Gasteiger partial charge in [0.2, 0.25) is 0 Å². The van der Waals surface area contributed by atoms with E-state index in [9.17, 15) is 13.6 Å². The monoisotopic (exact) mass is 461 g/mol. The second-order valence-corrected chi connectivity index (χ2v) is 10.1. The Bertz CT molecular complexity index is 1320. The topological polar surface area (TPSA) is 48.4 Å². The van der Waals surface area contributed by atoms with E-state index in [2.05, 4.69) is 40.7 Å². The Kier molecular flexibility index (Phi) is 4.45. The molecule has 3 aliphatic rings. The van der Waals surface area contributed by atoms with Crippen molar-refractivity contribution in [2.45, 2.75) is 63.1 Å². The molecule has 4 nitrogen and oxygen atoms in total. The average Bonchev–Trinajstić information content (AvgIpc) is 3.72. The molecule has 0 bridgehead atoms. The number of hydrogen-bond acceptors (Lipinski definition) is 4. The summed E-state index contributed by atoms with van der Waals surface area (Å²) in [5, 5.41) is 0. The first-order valence-electron chi connectivity index (χ1n) is 11.7. The third-order valence-corrected chi connectivity index (χ3v) is 7.57. The lowest BCUT2D eigenvalue weighted by Gasteiger charge is -2.16. The maximum absolute atomic E-state index is 13.4. The van der Waals surface area contributed by atoms with Gasteiger partial charge in [-0.1, -0.05) is 37.3 Å². The number of ketones is 1. The molecular formula is C28H25F2NO3. The quantitative estimate of drug-likeness (QED) is 0.434. The summed E-state index contributed by atoms with van der Waals surface area (Å²) in [4.78, 5) is 18.3. The van der Waals surface area contributed by atoms with Gasteiger partial charge in [0.1, 0.15) is 5.78 Å². The molecule has 0 radical (unpaired) electrons. The predicted molar refractivity (Wildman–Crippen MR) is 123 cm³/mol. The Hall–Kier alpha value is -3.28. The van der Waals surface area contributed by atoms with E-state index in [1.165, 1.54) is 30.5 Å². The number of benzene rings is 2. The molecule has 1 aromatic heterocycles. The number of pyridine rings is 1. The number of ether oxygens (including phenoxy) is 2. The Labute approximate surface area is 196 Å². The first-order chi connectivity index (χ1) is 16.2. The number of aryl methyl sites for hydroxylation is 1. The van der Waals surface area contributed by atoms with Crippen LogP contribution >= 0.6 is 0 Å². The van der Waals surface area contributed by atoms with Gasteiger partial charge in [0.25, 0.3) is 0 Å². The first-order valence-corrected chi connectivity index (χ1v) is 11.7. The number of hydrogen-bond donors (Lipinski definition) is 0. The minimum atomic E-state index is -3.67. The normalized spacial score (nSPS) is 20.1. The van der Waals surface area contributed by atoms with Crippen LogP contribution in [0.2, 0.25) is 0 Å². The minimum absolute atomic E-state index is 0.0101. The van der Waals surface area contributed by atoms with Gasteiger partial charge < -0.3 is 9.47 Å². The molecule has 2 aliphatic carbocycles. The maximum Gasteiger partial charge on any atom is 0.586 e. The number of carbonyl (C=O) groups excluding carboxylic acids is 1. The number of nitrogens with zero attached hydrogens (tertiary/aromatic N) is 1. The molecule has 2 aromatic carbocycles.